The van der Waals surface area contributed by atoms with Crippen molar-refractivity contribution in [2.75, 3.05) is 12.8 Å². The van der Waals surface area contributed by atoms with E-state index >= 15 is 0 Å². The summed E-state index contributed by atoms with van der Waals surface area (Å²) in [4.78, 5) is 5.64. The van der Waals surface area contributed by atoms with Gasteiger partial charge in [0.15, 0.2) is 0 Å². The third-order valence-electron chi connectivity index (χ3n) is 2.38. The van der Waals surface area contributed by atoms with Crippen LogP contribution in [0.25, 0.3) is 0 Å². The Morgan fingerprint density at radius 2 is 1.94 bits per heavy atom. The van der Waals surface area contributed by atoms with Crippen molar-refractivity contribution in [1.29, 1.82) is 0 Å². The molecular formula is C11H21N3O2S2. The molecule has 1 aromatic rings. The van der Waals surface area contributed by atoms with Gasteiger partial charge >= 0.3 is 0 Å². The molecule has 2 N–H and O–H groups in total. The van der Waals surface area contributed by atoms with E-state index in [1.807, 2.05) is 27.7 Å². The van der Waals surface area contributed by atoms with Crippen LogP contribution in [-0.2, 0) is 16.6 Å². The lowest BCUT2D eigenvalue weighted by atomic mass is 10.1. The second kappa shape index (κ2) is 5.64. The molecule has 0 fully saturated rings. The van der Waals surface area contributed by atoms with E-state index in [2.05, 4.69) is 15.0 Å². The fourth-order valence-corrected chi connectivity index (χ4v) is 3.61. The molecular weight excluding hydrogens is 270 g/mol. The van der Waals surface area contributed by atoms with Crippen molar-refractivity contribution in [3.8, 4) is 0 Å². The third-order valence-corrected chi connectivity index (χ3v) is 4.37. The first-order valence-corrected chi connectivity index (χ1v) is 8.42. The van der Waals surface area contributed by atoms with Crippen LogP contribution in [0.15, 0.2) is 0 Å². The van der Waals surface area contributed by atoms with Gasteiger partial charge in [-0.15, -0.1) is 11.3 Å². The molecule has 1 heterocycles. The summed E-state index contributed by atoms with van der Waals surface area (Å²) >= 11 is 1.67. The highest BCUT2D eigenvalue weighted by Gasteiger charge is 2.21. The quantitative estimate of drug-likeness (QED) is 0.825. The summed E-state index contributed by atoms with van der Waals surface area (Å²) in [5.74, 6) is 0. The number of aryl methyl sites for hydroxylation is 2. The van der Waals surface area contributed by atoms with Gasteiger partial charge < -0.3 is 5.32 Å². The number of nitrogens with zero attached hydrogens (tertiary/aromatic N) is 1. The van der Waals surface area contributed by atoms with Gasteiger partial charge in [-0.2, -0.15) is 0 Å². The fourth-order valence-electron chi connectivity index (χ4n) is 1.63. The van der Waals surface area contributed by atoms with E-state index in [4.69, 9.17) is 0 Å². The molecule has 0 aliphatic heterocycles. The number of hydrogen-bond donors (Lipinski definition) is 2. The smallest absolute Gasteiger partial charge is 0.209 e. The average molecular weight is 291 g/mol. The molecule has 0 unspecified atom stereocenters. The molecule has 7 heteroatoms. The Kier molecular flexibility index (Phi) is 4.88. The molecule has 0 radical (unpaired) electrons. The lowest BCUT2D eigenvalue weighted by Gasteiger charge is -2.25. The molecule has 0 bridgehead atoms. The van der Waals surface area contributed by atoms with Crippen molar-refractivity contribution in [1.82, 2.24) is 15.0 Å². The van der Waals surface area contributed by atoms with Crippen LogP contribution in [-0.4, -0.2) is 31.7 Å². The summed E-state index contributed by atoms with van der Waals surface area (Å²) in [6.45, 7) is 8.95. The molecule has 1 aromatic heterocycles. The van der Waals surface area contributed by atoms with E-state index in [1.54, 1.807) is 11.3 Å². The zero-order valence-electron chi connectivity index (χ0n) is 11.5. The lowest BCUT2D eigenvalue weighted by Crippen LogP contribution is -2.49. The summed E-state index contributed by atoms with van der Waals surface area (Å²) < 4.78 is 24.9. The van der Waals surface area contributed by atoms with E-state index in [0.717, 1.165) is 10.7 Å². The summed E-state index contributed by atoms with van der Waals surface area (Å²) in [6, 6.07) is 0. The van der Waals surface area contributed by atoms with Crippen LogP contribution in [0.4, 0.5) is 0 Å². The zero-order valence-corrected chi connectivity index (χ0v) is 13.1. The van der Waals surface area contributed by atoms with Gasteiger partial charge in [0.25, 0.3) is 0 Å². The minimum Gasteiger partial charge on any atom is -0.309 e. The van der Waals surface area contributed by atoms with Gasteiger partial charge in [-0.25, -0.2) is 18.1 Å². The molecule has 0 aliphatic rings. The van der Waals surface area contributed by atoms with E-state index in [0.29, 0.717) is 13.1 Å². The third kappa shape index (κ3) is 5.43. The molecule has 104 valence electrons. The minimum absolute atomic E-state index is 0.505. The number of sulfonamides is 1. The standard InChI is InChI=1S/C11H21N3O2S2/c1-8-9(2)17-10(13-8)6-12-7-11(3,4)14-18(5,15)16/h12,14H,6-7H2,1-5H3. The van der Waals surface area contributed by atoms with Crippen molar-refractivity contribution < 1.29 is 8.42 Å². The first kappa shape index (κ1) is 15.6. The summed E-state index contributed by atoms with van der Waals surface area (Å²) in [6.07, 6.45) is 1.17. The highest BCUT2D eigenvalue weighted by Crippen LogP contribution is 2.16. The first-order valence-electron chi connectivity index (χ1n) is 5.72. The maximum atomic E-state index is 11.2. The Hall–Kier alpha value is -0.500. The van der Waals surface area contributed by atoms with Crippen molar-refractivity contribution in [3.63, 3.8) is 0 Å². The maximum absolute atomic E-state index is 11.2. The van der Waals surface area contributed by atoms with Crippen LogP contribution in [0.1, 0.15) is 29.4 Å². The predicted molar refractivity (Wildman–Crippen MR) is 75.4 cm³/mol. The molecule has 0 aliphatic carbocycles. The monoisotopic (exact) mass is 291 g/mol. The molecule has 0 aromatic carbocycles. The largest absolute Gasteiger partial charge is 0.309 e. The van der Waals surface area contributed by atoms with Gasteiger partial charge in [0.1, 0.15) is 5.01 Å². The van der Waals surface area contributed by atoms with Crippen LogP contribution < -0.4 is 10.0 Å². The van der Waals surface area contributed by atoms with Gasteiger partial charge in [-0.1, -0.05) is 0 Å². The Bertz CT molecular complexity index is 487. The van der Waals surface area contributed by atoms with Crippen molar-refractivity contribution in [2.24, 2.45) is 0 Å². The van der Waals surface area contributed by atoms with E-state index in [1.165, 1.54) is 11.1 Å². The van der Waals surface area contributed by atoms with E-state index in [-0.39, 0.29) is 0 Å². The molecule has 0 saturated heterocycles. The Morgan fingerprint density at radius 1 is 1.33 bits per heavy atom. The van der Waals surface area contributed by atoms with Crippen LogP contribution >= 0.6 is 11.3 Å². The second-order valence-corrected chi connectivity index (χ2v) is 8.15. The van der Waals surface area contributed by atoms with Gasteiger partial charge in [0.05, 0.1) is 11.9 Å². The molecule has 5 nitrogen and oxygen atoms in total. The Morgan fingerprint density at radius 3 is 2.39 bits per heavy atom. The highest BCUT2D eigenvalue weighted by molar-refractivity contribution is 7.88. The summed E-state index contributed by atoms with van der Waals surface area (Å²) in [5, 5.41) is 4.25. The molecule has 18 heavy (non-hydrogen) atoms. The highest BCUT2D eigenvalue weighted by atomic mass is 32.2. The van der Waals surface area contributed by atoms with Crippen LogP contribution in [0.3, 0.4) is 0 Å². The summed E-state index contributed by atoms with van der Waals surface area (Å²) in [5.41, 5.74) is 0.555. The van der Waals surface area contributed by atoms with E-state index in [9.17, 15) is 8.42 Å². The topological polar surface area (TPSA) is 71.1 Å². The molecule has 0 saturated carbocycles. The molecule has 0 atom stereocenters. The SMILES string of the molecule is Cc1nc(CNCC(C)(C)NS(C)(=O)=O)sc1C. The second-order valence-electron chi connectivity index (χ2n) is 5.11. The molecule has 1 rings (SSSR count). The van der Waals surface area contributed by atoms with Gasteiger partial charge in [0.2, 0.25) is 10.0 Å². The zero-order chi connectivity index (χ0) is 14.0. The number of hydrogen-bond acceptors (Lipinski definition) is 5. The normalized spacial score (nSPS) is 12.9. The number of nitrogens with one attached hydrogen (secondary N) is 2. The van der Waals surface area contributed by atoms with Crippen LogP contribution in [0.5, 0.6) is 0 Å². The number of thiazole rings is 1. The Labute approximate surface area is 113 Å². The Balaban J connectivity index is 2.46. The van der Waals surface area contributed by atoms with Gasteiger partial charge in [-0.3, -0.25) is 0 Å². The number of aromatic nitrogens is 1. The van der Waals surface area contributed by atoms with E-state index < -0.39 is 15.6 Å². The van der Waals surface area contributed by atoms with Crippen LogP contribution in [0, 0.1) is 13.8 Å². The number of rotatable bonds is 6. The minimum atomic E-state index is -3.18. The maximum Gasteiger partial charge on any atom is 0.209 e. The predicted octanol–water partition coefficient (Wildman–Crippen LogP) is 1.18. The van der Waals surface area contributed by atoms with Crippen molar-refractivity contribution in [3.05, 3.63) is 15.6 Å². The lowest BCUT2D eigenvalue weighted by molar-refractivity contribution is 0.421. The average Bonchev–Trinajstić information content (AvgIpc) is 2.41. The summed E-state index contributed by atoms with van der Waals surface area (Å²) in [7, 11) is -3.18. The van der Waals surface area contributed by atoms with Gasteiger partial charge in [-0.05, 0) is 27.7 Å². The molecule has 0 amide bonds. The van der Waals surface area contributed by atoms with Gasteiger partial charge in [0, 0.05) is 23.5 Å². The van der Waals surface area contributed by atoms with Crippen LogP contribution in [0.2, 0.25) is 0 Å². The fraction of sp³-hybridized carbons (Fsp3) is 0.727. The molecule has 0 spiro atoms. The first-order chi connectivity index (χ1) is 8.09. The van der Waals surface area contributed by atoms with Crippen molar-refractivity contribution in [2.45, 2.75) is 39.8 Å². The van der Waals surface area contributed by atoms with Crippen molar-refractivity contribution >= 4 is 21.4 Å².